The number of hydrogen-bond donors (Lipinski definition) is 1. The Morgan fingerprint density at radius 3 is 2.52 bits per heavy atom. The van der Waals surface area contributed by atoms with E-state index in [1.807, 2.05) is 55.5 Å². The van der Waals surface area contributed by atoms with Crippen molar-refractivity contribution in [3.05, 3.63) is 85.6 Å². The molecule has 158 valence electrons. The highest BCUT2D eigenvalue weighted by atomic mass is 32.1. The van der Waals surface area contributed by atoms with Gasteiger partial charge >= 0.3 is 0 Å². The third-order valence-corrected chi connectivity index (χ3v) is 6.42. The van der Waals surface area contributed by atoms with Gasteiger partial charge in [0.05, 0.1) is 14.7 Å². The van der Waals surface area contributed by atoms with E-state index in [0.29, 0.717) is 29.1 Å². The number of thiophene rings is 1. The number of fused-ring (bicyclic) bond motifs is 1. The van der Waals surface area contributed by atoms with Gasteiger partial charge < -0.3 is 5.32 Å². The Bertz CT molecular complexity index is 1170. The number of amides is 2. The van der Waals surface area contributed by atoms with Gasteiger partial charge in [-0.25, -0.2) is 0 Å². The maximum absolute atomic E-state index is 13.5. The maximum atomic E-state index is 13.5. The van der Waals surface area contributed by atoms with Crippen LogP contribution in [0.15, 0.2) is 54.6 Å². The van der Waals surface area contributed by atoms with Gasteiger partial charge in [0.25, 0.3) is 11.6 Å². The Labute approximate surface area is 183 Å². The highest BCUT2D eigenvalue weighted by Gasteiger charge is 2.37. The van der Waals surface area contributed by atoms with Crippen molar-refractivity contribution in [1.29, 1.82) is 0 Å². The zero-order valence-electron chi connectivity index (χ0n) is 17.1. The Morgan fingerprint density at radius 2 is 1.84 bits per heavy atom. The van der Waals surface area contributed by atoms with Gasteiger partial charge in [-0.05, 0) is 50.5 Å². The highest BCUT2D eigenvalue weighted by Crippen LogP contribution is 2.35. The van der Waals surface area contributed by atoms with Crippen LogP contribution in [-0.4, -0.2) is 22.8 Å². The van der Waals surface area contributed by atoms with Gasteiger partial charge in [-0.15, -0.1) is 11.3 Å². The van der Waals surface area contributed by atoms with Crippen LogP contribution in [0.4, 0.5) is 17.1 Å². The zero-order chi connectivity index (χ0) is 22.1. The van der Waals surface area contributed by atoms with Gasteiger partial charge in [-0.3, -0.25) is 24.6 Å². The molecule has 8 heteroatoms. The standard InChI is InChI=1S/C23H21N3O4S/c1-14-7-10-17(11-8-14)24-22(27)19-12-9-16-5-3-4-6-18(16)25(19)23(28)21-13-20(26(29)30)15(2)31-21/h3-8,10-11,13,19H,9,12H2,1-2H3,(H,24,27). The van der Waals surface area contributed by atoms with Gasteiger partial charge in [0.1, 0.15) is 6.04 Å². The molecule has 0 saturated carbocycles. The molecule has 31 heavy (non-hydrogen) atoms. The Kier molecular flexibility index (Phi) is 5.56. The molecule has 1 atom stereocenters. The molecular weight excluding hydrogens is 414 g/mol. The SMILES string of the molecule is Cc1ccc(NC(=O)C2CCc3ccccc3N2C(=O)c2cc([N+](=O)[O-])c(C)s2)cc1. The van der Waals surface area contributed by atoms with Crippen molar-refractivity contribution in [1.82, 2.24) is 0 Å². The van der Waals surface area contributed by atoms with Crippen LogP contribution in [0.3, 0.4) is 0 Å². The lowest BCUT2D eigenvalue weighted by Crippen LogP contribution is -2.50. The second kappa shape index (κ2) is 8.31. The first kappa shape index (κ1) is 20.7. The lowest BCUT2D eigenvalue weighted by atomic mass is 9.94. The summed E-state index contributed by atoms with van der Waals surface area (Å²) in [4.78, 5) is 39.6. The van der Waals surface area contributed by atoms with E-state index in [1.165, 1.54) is 11.0 Å². The molecule has 0 saturated heterocycles. The summed E-state index contributed by atoms with van der Waals surface area (Å²) >= 11 is 1.07. The van der Waals surface area contributed by atoms with Gasteiger partial charge in [-0.1, -0.05) is 35.9 Å². The lowest BCUT2D eigenvalue weighted by molar-refractivity contribution is -0.385. The van der Waals surface area contributed by atoms with Crippen LogP contribution in [0.5, 0.6) is 0 Å². The molecule has 2 amide bonds. The number of anilines is 2. The molecular formula is C23H21N3O4S. The monoisotopic (exact) mass is 435 g/mol. The first-order valence-corrected chi connectivity index (χ1v) is 10.7. The van der Waals surface area contributed by atoms with Crippen molar-refractivity contribution in [2.75, 3.05) is 10.2 Å². The summed E-state index contributed by atoms with van der Waals surface area (Å²) in [5.41, 5.74) is 3.29. The van der Waals surface area contributed by atoms with Gasteiger partial charge in [-0.2, -0.15) is 0 Å². The van der Waals surface area contributed by atoms with Crippen LogP contribution in [0.1, 0.15) is 32.1 Å². The number of nitrogens with one attached hydrogen (secondary N) is 1. The smallest absolute Gasteiger partial charge is 0.283 e. The second-order valence-corrected chi connectivity index (χ2v) is 8.78. The van der Waals surface area contributed by atoms with Crippen molar-refractivity contribution < 1.29 is 14.5 Å². The first-order chi connectivity index (χ1) is 14.8. The molecule has 1 unspecified atom stereocenters. The van der Waals surface area contributed by atoms with E-state index in [0.717, 1.165) is 22.5 Å². The summed E-state index contributed by atoms with van der Waals surface area (Å²) in [5.74, 6) is -0.688. The van der Waals surface area contributed by atoms with Crippen LogP contribution in [0, 0.1) is 24.0 Å². The van der Waals surface area contributed by atoms with Gasteiger partial charge in [0, 0.05) is 17.4 Å². The third-order valence-electron chi connectivity index (χ3n) is 5.39. The summed E-state index contributed by atoms with van der Waals surface area (Å²) in [5, 5.41) is 14.2. The van der Waals surface area contributed by atoms with E-state index in [1.54, 1.807) is 6.92 Å². The zero-order valence-corrected chi connectivity index (χ0v) is 17.9. The summed E-state index contributed by atoms with van der Waals surface area (Å²) < 4.78 is 0. The molecule has 0 radical (unpaired) electrons. The van der Waals surface area contributed by atoms with E-state index in [-0.39, 0.29) is 16.5 Å². The van der Waals surface area contributed by atoms with Crippen molar-refractivity contribution in [3.8, 4) is 0 Å². The van der Waals surface area contributed by atoms with Gasteiger partial charge in [0.15, 0.2) is 0 Å². The molecule has 3 aromatic rings. The quantitative estimate of drug-likeness (QED) is 0.467. The van der Waals surface area contributed by atoms with E-state index in [2.05, 4.69) is 5.32 Å². The van der Waals surface area contributed by atoms with E-state index in [4.69, 9.17) is 0 Å². The predicted molar refractivity (Wildman–Crippen MR) is 121 cm³/mol. The van der Waals surface area contributed by atoms with E-state index < -0.39 is 16.9 Å². The average molecular weight is 436 g/mol. The molecule has 0 aliphatic carbocycles. The molecule has 1 aliphatic rings. The number of carbonyl (C=O) groups is 2. The van der Waals surface area contributed by atoms with Crippen molar-refractivity contribution in [2.45, 2.75) is 32.7 Å². The Morgan fingerprint density at radius 1 is 1.13 bits per heavy atom. The minimum absolute atomic E-state index is 0.0840. The maximum Gasteiger partial charge on any atom is 0.283 e. The molecule has 7 nitrogen and oxygen atoms in total. The molecule has 0 spiro atoms. The number of nitrogens with zero attached hydrogens (tertiary/aromatic N) is 2. The number of hydrogen-bond acceptors (Lipinski definition) is 5. The summed E-state index contributed by atoms with van der Waals surface area (Å²) in [7, 11) is 0. The van der Waals surface area contributed by atoms with Crippen LogP contribution in [0.25, 0.3) is 0 Å². The minimum atomic E-state index is -0.717. The van der Waals surface area contributed by atoms with Crippen LogP contribution >= 0.6 is 11.3 Å². The van der Waals surface area contributed by atoms with Crippen LogP contribution < -0.4 is 10.2 Å². The van der Waals surface area contributed by atoms with Crippen molar-refractivity contribution in [3.63, 3.8) is 0 Å². The molecule has 0 fully saturated rings. The lowest BCUT2D eigenvalue weighted by Gasteiger charge is -2.36. The molecule has 1 aliphatic heterocycles. The van der Waals surface area contributed by atoms with Crippen molar-refractivity contribution >= 4 is 40.2 Å². The Hall–Kier alpha value is -3.52. The molecule has 1 N–H and O–H groups in total. The van der Waals surface area contributed by atoms with Crippen molar-refractivity contribution in [2.24, 2.45) is 0 Å². The topological polar surface area (TPSA) is 92.6 Å². The number of para-hydroxylation sites is 1. The normalized spacial score (nSPS) is 15.3. The van der Waals surface area contributed by atoms with E-state index in [9.17, 15) is 19.7 Å². The van der Waals surface area contributed by atoms with Gasteiger partial charge in [0.2, 0.25) is 5.91 Å². The van der Waals surface area contributed by atoms with E-state index >= 15 is 0 Å². The van der Waals surface area contributed by atoms with Crippen LogP contribution in [-0.2, 0) is 11.2 Å². The number of carbonyl (C=O) groups excluding carboxylic acids is 2. The number of benzene rings is 2. The molecule has 2 heterocycles. The fourth-order valence-electron chi connectivity index (χ4n) is 3.79. The average Bonchev–Trinajstić information content (AvgIpc) is 3.16. The largest absolute Gasteiger partial charge is 0.324 e. The molecule has 0 bridgehead atoms. The summed E-state index contributed by atoms with van der Waals surface area (Å²) in [6.45, 7) is 3.58. The first-order valence-electron chi connectivity index (χ1n) is 9.89. The number of rotatable bonds is 4. The number of aryl methyl sites for hydroxylation is 3. The predicted octanol–water partition coefficient (Wildman–Crippen LogP) is 4.87. The molecule has 2 aromatic carbocycles. The summed E-state index contributed by atoms with van der Waals surface area (Å²) in [6, 6.07) is 15.5. The number of nitro groups is 1. The minimum Gasteiger partial charge on any atom is -0.324 e. The highest BCUT2D eigenvalue weighted by molar-refractivity contribution is 7.14. The second-order valence-electron chi connectivity index (χ2n) is 7.52. The fourth-order valence-corrected chi connectivity index (χ4v) is 4.71. The summed E-state index contributed by atoms with van der Waals surface area (Å²) in [6.07, 6.45) is 1.13. The fraction of sp³-hybridized carbons (Fsp3) is 0.217. The molecule has 1 aromatic heterocycles. The third kappa shape index (κ3) is 4.06. The molecule has 4 rings (SSSR count). The Balaban J connectivity index is 1.70. The van der Waals surface area contributed by atoms with Crippen LogP contribution in [0.2, 0.25) is 0 Å².